The van der Waals surface area contributed by atoms with Crippen LogP contribution in [0.25, 0.3) is 0 Å². The van der Waals surface area contributed by atoms with Crippen molar-refractivity contribution in [1.82, 2.24) is 5.32 Å². The topological polar surface area (TPSA) is 64.3 Å². The van der Waals surface area contributed by atoms with Crippen LogP contribution in [0.1, 0.15) is 34.1 Å². The van der Waals surface area contributed by atoms with Gasteiger partial charge in [-0.1, -0.05) is 6.92 Å². The van der Waals surface area contributed by atoms with Crippen LogP contribution in [0.4, 0.5) is 4.79 Å². The Morgan fingerprint density at radius 2 is 2.14 bits per heavy atom. The van der Waals surface area contributed by atoms with Crippen molar-refractivity contribution in [2.75, 3.05) is 6.54 Å². The van der Waals surface area contributed by atoms with Crippen molar-refractivity contribution < 1.29 is 9.53 Å². The molecule has 2 unspecified atom stereocenters. The van der Waals surface area contributed by atoms with Gasteiger partial charge in [0.2, 0.25) is 0 Å². The van der Waals surface area contributed by atoms with Gasteiger partial charge in [-0.15, -0.1) is 0 Å². The van der Waals surface area contributed by atoms with E-state index in [0.29, 0.717) is 12.5 Å². The van der Waals surface area contributed by atoms with Crippen LogP contribution in [0, 0.1) is 5.92 Å². The van der Waals surface area contributed by atoms with Crippen molar-refractivity contribution >= 4 is 6.09 Å². The highest BCUT2D eigenvalue weighted by atomic mass is 16.6. The highest BCUT2D eigenvalue weighted by Crippen LogP contribution is 2.42. The Labute approximate surface area is 85.2 Å². The molecule has 1 saturated carbocycles. The molecular weight excluding hydrogens is 180 g/mol. The van der Waals surface area contributed by atoms with Crippen LogP contribution in [0.2, 0.25) is 0 Å². The van der Waals surface area contributed by atoms with Gasteiger partial charge >= 0.3 is 6.09 Å². The smallest absolute Gasteiger partial charge is 0.408 e. The molecule has 1 amide bonds. The van der Waals surface area contributed by atoms with Crippen LogP contribution >= 0.6 is 0 Å². The maximum Gasteiger partial charge on any atom is 0.408 e. The monoisotopic (exact) mass is 200 g/mol. The van der Waals surface area contributed by atoms with E-state index in [1.54, 1.807) is 0 Å². The Kier molecular flexibility index (Phi) is 2.76. The van der Waals surface area contributed by atoms with Gasteiger partial charge in [-0.2, -0.15) is 0 Å². The Morgan fingerprint density at radius 3 is 2.43 bits per heavy atom. The molecule has 4 nitrogen and oxygen atoms in total. The Hall–Kier alpha value is -0.770. The zero-order valence-corrected chi connectivity index (χ0v) is 9.39. The summed E-state index contributed by atoms with van der Waals surface area (Å²) < 4.78 is 5.16. The van der Waals surface area contributed by atoms with Crippen molar-refractivity contribution in [2.45, 2.75) is 45.3 Å². The van der Waals surface area contributed by atoms with Crippen LogP contribution in [0.5, 0.6) is 0 Å². The lowest BCUT2D eigenvalue weighted by Crippen LogP contribution is -2.46. The molecule has 4 heteroatoms. The molecule has 0 saturated heterocycles. The molecule has 0 aromatic heterocycles. The molecule has 14 heavy (non-hydrogen) atoms. The van der Waals surface area contributed by atoms with E-state index < -0.39 is 5.60 Å². The van der Waals surface area contributed by atoms with Crippen molar-refractivity contribution in [3.8, 4) is 0 Å². The molecule has 1 fully saturated rings. The molecule has 3 N–H and O–H groups in total. The second-order valence-electron chi connectivity index (χ2n) is 5.09. The SMILES string of the molecule is CC1CC1(CN)NC(=O)OC(C)(C)C. The van der Waals surface area contributed by atoms with E-state index in [9.17, 15) is 4.79 Å². The Bertz CT molecular complexity index is 231. The number of nitrogens with two attached hydrogens (primary N) is 1. The van der Waals surface area contributed by atoms with E-state index in [1.807, 2.05) is 20.8 Å². The quantitative estimate of drug-likeness (QED) is 0.705. The Morgan fingerprint density at radius 1 is 1.64 bits per heavy atom. The van der Waals surface area contributed by atoms with Gasteiger partial charge in [0.05, 0.1) is 5.54 Å². The number of amides is 1. The third-order valence-corrected chi connectivity index (χ3v) is 2.57. The fraction of sp³-hybridized carbons (Fsp3) is 0.900. The van der Waals surface area contributed by atoms with E-state index in [4.69, 9.17) is 10.5 Å². The van der Waals surface area contributed by atoms with E-state index in [1.165, 1.54) is 0 Å². The van der Waals surface area contributed by atoms with Crippen LogP contribution in [-0.2, 0) is 4.74 Å². The molecule has 0 spiro atoms. The lowest BCUT2D eigenvalue weighted by atomic mass is 10.2. The zero-order chi connectivity index (χ0) is 11.0. The van der Waals surface area contributed by atoms with Crippen LogP contribution in [0.15, 0.2) is 0 Å². The number of rotatable bonds is 2. The first-order valence-corrected chi connectivity index (χ1v) is 5.00. The number of ether oxygens (including phenoxy) is 1. The number of carbonyl (C=O) groups excluding carboxylic acids is 1. The highest BCUT2D eigenvalue weighted by Gasteiger charge is 2.51. The van der Waals surface area contributed by atoms with Crippen molar-refractivity contribution in [3.63, 3.8) is 0 Å². The minimum absolute atomic E-state index is 0.206. The van der Waals surface area contributed by atoms with Gasteiger partial charge in [-0.05, 0) is 33.1 Å². The Balaban J connectivity index is 2.42. The molecule has 1 rings (SSSR count). The first-order valence-electron chi connectivity index (χ1n) is 5.00. The van der Waals surface area contributed by atoms with Gasteiger partial charge in [0, 0.05) is 6.54 Å². The maximum atomic E-state index is 11.4. The third-order valence-electron chi connectivity index (χ3n) is 2.57. The van der Waals surface area contributed by atoms with Crippen LogP contribution in [0.3, 0.4) is 0 Å². The summed E-state index contributed by atoms with van der Waals surface area (Å²) in [5.74, 6) is 0.458. The zero-order valence-electron chi connectivity index (χ0n) is 9.39. The molecular formula is C10H20N2O2. The summed E-state index contributed by atoms with van der Waals surface area (Å²) in [7, 11) is 0. The van der Waals surface area contributed by atoms with Gasteiger partial charge in [0.25, 0.3) is 0 Å². The number of hydrogen-bond acceptors (Lipinski definition) is 3. The van der Waals surface area contributed by atoms with E-state index in [0.717, 1.165) is 6.42 Å². The highest BCUT2D eigenvalue weighted by molar-refractivity contribution is 5.69. The summed E-state index contributed by atoms with van der Waals surface area (Å²) >= 11 is 0. The molecule has 0 aromatic rings. The summed E-state index contributed by atoms with van der Waals surface area (Å²) in [5.41, 5.74) is 4.95. The fourth-order valence-corrected chi connectivity index (χ4v) is 1.50. The van der Waals surface area contributed by atoms with Gasteiger partial charge in [0.15, 0.2) is 0 Å². The minimum Gasteiger partial charge on any atom is -0.444 e. The predicted molar refractivity (Wildman–Crippen MR) is 54.9 cm³/mol. The summed E-state index contributed by atoms with van der Waals surface area (Å²) in [6.07, 6.45) is 0.579. The third kappa shape index (κ3) is 2.61. The van der Waals surface area contributed by atoms with Crippen LogP contribution < -0.4 is 11.1 Å². The lowest BCUT2D eigenvalue weighted by molar-refractivity contribution is 0.0494. The average molecular weight is 200 g/mol. The summed E-state index contributed by atoms with van der Waals surface area (Å²) in [5, 5.41) is 2.84. The van der Waals surface area contributed by atoms with E-state index >= 15 is 0 Å². The fourth-order valence-electron chi connectivity index (χ4n) is 1.50. The van der Waals surface area contributed by atoms with Gasteiger partial charge < -0.3 is 15.8 Å². The summed E-state index contributed by atoms with van der Waals surface area (Å²) in [6.45, 7) is 8.09. The maximum absolute atomic E-state index is 11.4. The molecule has 0 bridgehead atoms. The van der Waals surface area contributed by atoms with Crippen LogP contribution in [-0.4, -0.2) is 23.8 Å². The first-order chi connectivity index (χ1) is 6.29. The molecule has 82 valence electrons. The van der Waals surface area contributed by atoms with Gasteiger partial charge in [0.1, 0.15) is 5.60 Å². The van der Waals surface area contributed by atoms with Crippen molar-refractivity contribution in [2.24, 2.45) is 11.7 Å². The number of alkyl carbamates (subject to hydrolysis) is 1. The molecule has 1 aliphatic carbocycles. The number of hydrogen-bond donors (Lipinski definition) is 2. The molecule has 1 aliphatic rings. The molecule has 2 atom stereocenters. The lowest BCUT2D eigenvalue weighted by Gasteiger charge is -2.23. The van der Waals surface area contributed by atoms with E-state index in [-0.39, 0.29) is 11.6 Å². The van der Waals surface area contributed by atoms with E-state index in [2.05, 4.69) is 12.2 Å². The summed E-state index contributed by atoms with van der Waals surface area (Å²) in [6, 6.07) is 0. The first kappa shape index (κ1) is 11.3. The predicted octanol–water partition coefficient (Wildman–Crippen LogP) is 1.25. The second kappa shape index (κ2) is 3.42. The number of nitrogens with one attached hydrogen (secondary N) is 1. The normalized spacial score (nSPS) is 31.1. The average Bonchev–Trinajstić information content (AvgIpc) is 2.58. The minimum atomic E-state index is -0.446. The summed E-state index contributed by atoms with van der Waals surface area (Å²) in [4.78, 5) is 11.4. The molecule has 0 aromatic carbocycles. The van der Waals surface area contributed by atoms with Gasteiger partial charge in [-0.3, -0.25) is 0 Å². The second-order valence-corrected chi connectivity index (χ2v) is 5.09. The molecule has 0 aliphatic heterocycles. The van der Waals surface area contributed by atoms with Crippen molar-refractivity contribution in [3.05, 3.63) is 0 Å². The molecule has 0 radical (unpaired) electrons. The van der Waals surface area contributed by atoms with Crippen molar-refractivity contribution in [1.29, 1.82) is 0 Å². The standard InChI is InChI=1S/C10H20N2O2/c1-7-5-10(7,6-11)12-8(13)14-9(2,3)4/h7H,5-6,11H2,1-4H3,(H,12,13). The molecule has 0 heterocycles. The number of carbonyl (C=O) groups is 1. The largest absolute Gasteiger partial charge is 0.444 e. The van der Waals surface area contributed by atoms with Gasteiger partial charge in [-0.25, -0.2) is 4.79 Å².